The van der Waals surface area contributed by atoms with E-state index < -0.39 is 0 Å². The molecule has 63 valence electrons. The molecule has 0 aliphatic heterocycles. The van der Waals surface area contributed by atoms with Crippen LogP contribution in [-0.4, -0.2) is 6.29 Å². The largest absolute Gasteiger partial charge is 0.291 e. The van der Waals surface area contributed by atoms with Gasteiger partial charge in [0, 0.05) is 16.5 Å². The molecule has 0 amide bonds. The van der Waals surface area contributed by atoms with Crippen LogP contribution in [0.25, 0.3) is 0 Å². The maximum atomic E-state index is 10.1. The van der Waals surface area contributed by atoms with Crippen molar-refractivity contribution in [2.75, 3.05) is 0 Å². The Labute approximate surface area is 81.3 Å². The number of hydrogen-bond acceptors (Lipinski definition) is 1. The van der Waals surface area contributed by atoms with Crippen molar-refractivity contribution in [3.63, 3.8) is 0 Å². The highest BCUT2D eigenvalue weighted by molar-refractivity contribution is 6.34. The third-order valence-electron chi connectivity index (χ3n) is 1.59. The standard InChI is InChI=1S/C9H7Cl2O/c1-6-4-9(11)7(2-3-12)5-8(6)10/h4-5H,2H2,1H3. The molecule has 1 aromatic rings. The van der Waals surface area contributed by atoms with E-state index in [1.54, 1.807) is 18.4 Å². The average Bonchev–Trinajstić information content (AvgIpc) is 2.01. The van der Waals surface area contributed by atoms with Gasteiger partial charge in [-0.05, 0) is 30.2 Å². The molecule has 0 bridgehead atoms. The van der Waals surface area contributed by atoms with Gasteiger partial charge in [-0.2, -0.15) is 0 Å². The first-order chi connectivity index (χ1) is 5.65. The number of halogens is 2. The molecule has 0 fully saturated rings. The summed E-state index contributed by atoms with van der Waals surface area (Å²) < 4.78 is 0. The van der Waals surface area contributed by atoms with Crippen LogP contribution >= 0.6 is 23.2 Å². The predicted molar refractivity (Wildman–Crippen MR) is 50.6 cm³/mol. The van der Waals surface area contributed by atoms with Crippen LogP contribution < -0.4 is 0 Å². The molecule has 0 aliphatic carbocycles. The van der Waals surface area contributed by atoms with Gasteiger partial charge in [-0.1, -0.05) is 23.2 Å². The van der Waals surface area contributed by atoms with E-state index in [1.807, 2.05) is 6.92 Å². The van der Waals surface area contributed by atoms with Crippen molar-refractivity contribution in [2.24, 2.45) is 0 Å². The van der Waals surface area contributed by atoms with Crippen molar-refractivity contribution in [3.8, 4) is 0 Å². The molecule has 0 atom stereocenters. The Kier molecular flexibility index (Phi) is 3.12. The summed E-state index contributed by atoms with van der Waals surface area (Å²) in [5.74, 6) is 0. The number of aryl methyl sites for hydroxylation is 1. The summed E-state index contributed by atoms with van der Waals surface area (Å²) in [6, 6.07) is 3.45. The van der Waals surface area contributed by atoms with Crippen LogP contribution in [0, 0.1) is 6.92 Å². The summed E-state index contributed by atoms with van der Waals surface area (Å²) >= 11 is 11.7. The molecular formula is C9H7Cl2O. The molecule has 1 radical (unpaired) electrons. The Bertz CT molecular complexity index is 308. The number of benzene rings is 1. The summed E-state index contributed by atoms with van der Waals surface area (Å²) in [5.41, 5.74) is 1.64. The van der Waals surface area contributed by atoms with Gasteiger partial charge in [0.2, 0.25) is 6.29 Å². The quantitative estimate of drug-likeness (QED) is 0.720. The summed E-state index contributed by atoms with van der Waals surface area (Å²) in [5, 5.41) is 1.20. The minimum Gasteiger partial charge on any atom is -0.291 e. The summed E-state index contributed by atoms with van der Waals surface area (Å²) in [6.07, 6.45) is 1.97. The van der Waals surface area contributed by atoms with E-state index in [2.05, 4.69) is 0 Å². The Hall–Kier alpha value is -0.530. The molecule has 0 aliphatic rings. The van der Waals surface area contributed by atoms with Crippen molar-refractivity contribution in [1.82, 2.24) is 0 Å². The highest BCUT2D eigenvalue weighted by Gasteiger charge is 2.03. The third kappa shape index (κ3) is 1.99. The molecular weight excluding hydrogens is 195 g/mol. The number of hydrogen-bond donors (Lipinski definition) is 0. The first kappa shape index (κ1) is 9.56. The van der Waals surface area contributed by atoms with Gasteiger partial charge in [-0.15, -0.1) is 0 Å². The van der Waals surface area contributed by atoms with E-state index in [-0.39, 0.29) is 6.42 Å². The highest BCUT2D eigenvalue weighted by Crippen LogP contribution is 2.24. The zero-order valence-electron chi connectivity index (χ0n) is 6.53. The summed E-state index contributed by atoms with van der Waals surface area (Å²) in [6.45, 7) is 1.86. The fourth-order valence-electron chi connectivity index (χ4n) is 0.901. The van der Waals surface area contributed by atoms with Crippen molar-refractivity contribution < 1.29 is 4.79 Å². The number of carbonyl (C=O) groups excluding carboxylic acids is 1. The molecule has 0 saturated heterocycles. The van der Waals surface area contributed by atoms with Crippen LogP contribution in [-0.2, 0) is 11.2 Å². The molecule has 1 rings (SSSR count). The molecule has 0 spiro atoms. The second-order valence-corrected chi connectivity index (χ2v) is 3.33. The van der Waals surface area contributed by atoms with E-state index >= 15 is 0 Å². The van der Waals surface area contributed by atoms with E-state index in [4.69, 9.17) is 23.2 Å². The third-order valence-corrected chi connectivity index (χ3v) is 2.35. The van der Waals surface area contributed by atoms with Crippen molar-refractivity contribution in [2.45, 2.75) is 13.3 Å². The van der Waals surface area contributed by atoms with E-state index in [1.165, 1.54) is 0 Å². The average molecular weight is 202 g/mol. The van der Waals surface area contributed by atoms with Crippen molar-refractivity contribution in [3.05, 3.63) is 33.3 Å². The van der Waals surface area contributed by atoms with Gasteiger partial charge >= 0.3 is 0 Å². The Morgan fingerprint density at radius 3 is 2.58 bits per heavy atom. The Morgan fingerprint density at radius 1 is 1.33 bits per heavy atom. The lowest BCUT2D eigenvalue weighted by molar-refractivity contribution is 0.555. The van der Waals surface area contributed by atoms with Gasteiger partial charge in [0.15, 0.2) is 0 Å². The lowest BCUT2D eigenvalue weighted by atomic mass is 10.1. The van der Waals surface area contributed by atoms with Crippen LogP contribution in [0.3, 0.4) is 0 Å². The normalized spacial score (nSPS) is 9.92. The first-order valence-corrected chi connectivity index (χ1v) is 4.20. The van der Waals surface area contributed by atoms with Crippen LogP contribution in [0.5, 0.6) is 0 Å². The van der Waals surface area contributed by atoms with Crippen LogP contribution in [0.2, 0.25) is 10.0 Å². The van der Waals surface area contributed by atoms with Gasteiger partial charge in [0.1, 0.15) is 0 Å². The molecule has 1 aromatic carbocycles. The zero-order chi connectivity index (χ0) is 9.14. The molecule has 3 heteroatoms. The van der Waals surface area contributed by atoms with E-state index in [0.29, 0.717) is 10.0 Å². The van der Waals surface area contributed by atoms with Crippen molar-refractivity contribution in [1.29, 1.82) is 0 Å². The lowest BCUT2D eigenvalue weighted by Gasteiger charge is -2.03. The lowest BCUT2D eigenvalue weighted by Crippen LogP contribution is -1.88. The molecule has 0 aromatic heterocycles. The number of rotatable bonds is 2. The van der Waals surface area contributed by atoms with Gasteiger partial charge in [-0.25, -0.2) is 0 Å². The highest BCUT2D eigenvalue weighted by atomic mass is 35.5. The molecule has 1 nitrogen and oxygen atoms in total. The molecule has 0 unspecified atom stereocenters. The second kappa shape index (κ2) is 3.92. The SMILES string of the molecule is Cc1cc(Cl)c(C[C]=O)cc1Cl. The Morgan fingerprint density at radius 2 is 2.00 bits per heavy atom. The molecule has 12 heavy (non-hydrogen) atoms. The summed E-state index contributed by atoms with van der Waals surface area (Å²) in [7, 11) is 0. The van der Waals surface area contributed by atoms with Crippen LogP contribution in [0.15, 0.2) is 12.1 Å². The van der Waals surface area contributed by atoms with Gasteiger partial charge in [0.05, 0.1) is 0 Å². The van der Waals surface area contributed by atoms with Gasteiger partial charge < -0.3 is 0 Å². The minimum absolute atomic E-state index is 0.193. The van der Waals surface area contributed by atoms with E-state index in [9.17, 15) is 4.79 Å². The second-order valence-electron chi connectivity index (χ2n) is 2.51. The first-order valence-electron chi connectivity index (χ1n) is 3.44. The summed E-state index contributed by atoms with van der Waals surface area (Å²) in [4.78, 5) is 10.1. The fourth-order valence-corrected chi connectivity index (χ4v) is 1.37. The van der Waals surface area contributed by atoms with Crippen LogP contribution in [0.1, 0.15) is 11.1 Å². The smallest absolute Gasteiger partial charge is 0.203 e. The molecule has 0 heterocycles. The van der Waals surface area contributed by atoms with E-state index in [0.717, 1.165) is 11.1 Å². The minimum atomic E-state index is 0.193. The topological polar surface area (TPSA) is 17.1 Å². The molecule has 0 N–H and O–H groups in total. The van der Waals surface area contributed by atoms with Gasteiger partial charge in [-0.3, -0.25) is 4.79 Å². The van der Waals surface area contributed by atoms with Gasteiger partial charge in [0.25, 0.3) is 0 Å². The Balaban J connectivity index is 3.13. The monoisotopic (exact) mass is 201 g/mol. The molecule has 0 saturated carbocycles. The maximum Gasteiger partial charge on any atom is 0.203 e. The fraction of sp³-hybridized carbons (Fsp3) is 0.222. The zero-order valence-corrected chi connectivity index (χ0v) is 8.04. The maximum absolute atomic E-state index is 10.1. The van der Waals surface area contributed by atoms with Crippen molar-refractivity contribution >= 4 is 29.5 Å². The predicted octanol–water partition coefficient (Wildman–Crippen LogP) is 2.95. The van der Waals surface area contributed by atoms with Crippen LogP contribution in [0.4, 0.5) is 0 Å².